The van der Waals surface area contributed by atoms with Gasteiger partial charge in [-0.15, -0.1) is 22.7 Å². The molecule has 1 N–H and O–H groups in total. The zero-order valence-corrected chi connectivity index (χ0v) is 12.6. The summed E-state index contributed by atoms with van der Waals surface area (Å²) in [6, 6.07) is 4.23. The van der Waals surface area contributed by atoms with Crippen molar-refractivity contribution in [3.63, 3.8) is 0 Å². The van der Waals surface area contributed by atoms with E-state index in [1.165, 1.54) is 9.75 Å². The third-order valence-corrected chi connectivity index (χ3v) is 5.58. The predicted octanol–water partition coefficient (Wildman–Crippen LogP) is 4.92. The molecule has 2 aromatic heterocycles. The van der Waals surface area contributed by atoms with E-state index in [2.05, 4.69) is 39.6 Å². The largest absolute Gasteiger partial charge is 0.305 e. The minimum atomic E-state index is 0.201. The molecule has 1 atom stereocenters. The Morgan fingerprint density at radius 3 is 2.50 bits per heavy atom. The van der Waals surface area contributed by atoms with Gasteiger partial charge in [-0.1, -0.05) is 18.5 Å². The molecular weight excluding hydrogens is 326 g/mol. The first-order valence-corrected chi connectivity index (χ1v) is 7.86. The number of thiophene rings is 2. The lowest BCUT2D eigenvalue weighted by molar-refractivity contribution is 0.647. The SMILES string of the molecule is CCNC(c1sccc1Cl)c1sccc1Br. The van der Waals surface area contributed by atoms with Crippen molar-refractivity contribution in [2.24, 2.45) is 0 Å². The summed E-state index contributed by atoms with van der Waals surface area (Å²) < 4.78 is 1.15. The summed E-state index contributed by atoms with van der Waals surface area (Å²) >= 11 is 13.2. The molecule has 0 radical (unpaired) electrons. The topological polar surface area (TPSA) is 12.0 Å². The number of hydrogen-bond donors (Lipinski definition) is 1. The van der Waals surface area contributed by atoms with E-state index in [9.17, 15) is 0 Å². The zero-order valence-electron chi connectivity index (χ0n) is 8.67. The number of nitrogens with one attached hydrogen (secondary N) is 1. The molecule has 2 aromatic rings. The van der Waals surface area contributed by atoms with Crippen molar-refractivity contribution in [2.45, 2.75) is 13.0 Å². The van der Waals surface area contributed by atoms with Gasteiger partial charge in [0.2, 0.25) is 0 Å². The van der Waals surface area contributed by atoms with E-state index in [1.807, 2.05) is 11.4 Å². The molecule has 0 aliphatic heterocycles. The standard InChI is InChI=1S/C11H11BrClNS2/c1-2-14-9(10-7(12)3-5-15-10)11-8(13)4-6-16-11/h3-6,9,14H,2H2,1H3. The highest BCUT2D eigenvalue weighted by Gasteiger charge is 2.20. The van der Waals surface area contributed by atoms with Gasteiger partial charge >= 0.3 is 0 Å². The van der Waals surface area contributed by atoms with Crippen molar-refractivity contribution in [1.29, 1.82) is 0 Å². The smallest absolute Gasteiger partial charge is 0.0791 e. The van der Waals surface area contributed by atoms with Gasteiger partial charge in [-0.25, -0.2) is 0 Å². The van der Waals surface area contributed by atoms with Crippen LogP contribution in [0.5, 0.6) is 0 Å². The highest BCUT2D eigenvalue weighted by Crippen LogP contribution is 2.38. The minimum Gasteiger partial charge on any atom is -0.305 e. The van der Waals surface area contributed by atoms with Crippen LogP contribution in [0.4, 0.5) is 0 Å². The molecule has 86 valence electrons. The molecule has 5 heteroatoms. The molecular formula is C11H11BrClNS2. The van der Waals surface area contributed by atoms with Gasteiger partial charge in [0.05, 0.1) is 11.1 Å². The lowest BCUT2D eigenvalue weighted by Crippen LogP contribution is -2.20. The highest BCUT2D eigenvalue weighted by molar-refractivity contribution is 9.10. The van der Waals surface area contributed by atoms with Crippen molar-refractivity contribution in [1.82, 2.24) is 5.32 Å². The highest BCUT2D eigenvalue weighted by atomic mass is 79.9. The molecule has 0 bridgehead atoms. The van der Waals surface area contributed by atoms with Crippen LogP contribution >= 0.6 is 50.2 Å². The maximum absolute atomic E-state index is 6.20. The zero-order chi connectivity index (χ0) is 11.5. The molecule has 2 rings (SSSR count). The summed E-state index contributed by atoms with van der Waals surface area (Å²) in [7, 11) is 0. The van der Waals surface area contributed by atoms with E-state index in [-0.39, 0.29) is 6.04 Å². The summed E-state index contributed by atoms with van der Waals surface area (Å²) in [5.74, 6) is 0. The van der Waals surface area contributed by atoms with Gasteiger partial charge in [0.15, 0.2) is 0 Å². The van der Waals surface area contributed by atoms with Gasteiger partial charge in [0.1, 0.15) is 0 Å². The number of halogens is 2. The van der Waals surface area contributed by atoms with E-state index in [0.717, 1.165) is 16.0 Å². The van der Waals surface area contributed by atoms with E-state index < -0.39 is 0 Å². The van der Waals surface area contributed by atoms with Gasteiger partial charge < -0.3 is 5.32 Å². The van der Waals surface area contributed by atoms with Gasteiger partial charge in [-0.3, -0.25) is 0 Å². The molecule has 0 aliphatic carbocycles. The maximum Gasteiger partial charge on any atom is 0.0791 e. The van der Waals surface area contributed by atoms with Crippen LogP contribution in [-0.4, -0.2) is 6.54 Å². The fourth-order valence-electron chi connectivity index (χ4n) is 1.53. The van der Waals surface area contributed by atoms with Gasteiger partial charge in [0, 0.05) is 14.2 Å². The first-order valence-electron chi connectivity index (χ1n) is 4.93. The first-order chi connectivity index (χ1) is 7.74. The summed E-state index contributed by atoms with van der Waals surface area (Å²) in [5, 5.41) is 8.44. The molecule has 1 unspecified atom stereocenters. The summed E-state index contributed by atoms with van der Waals surface area (Å²) in [6.45, 7) is 3.03. The lowest BCUT2D eigenvalue weighted by atomic mass is 10.2. The van der Waals surface area contributed by atoms with E-state index in [1.54, 1.807) is 22.7 Å². The summed E-state index contributed by atoms with van der Waals surface area (Å²) in [4.78, 5) is 2.47. The van der Waals surface area contributed by atoms with Crippen LogP contribution in [0.1, 0.15) is 22.7 Å². The third-order valence-electron chi connectivity index (χ3n) is 2.22. The van der Waals surface area contributed by atoms with E-state index in [4.69, 9.17) is 11.6 Å². The molecule has 0 saturated heterocycles. The normalized spacial score (nSPS) is 12.9. The Labute approximate surface area is 117 Å². The predicted molar refractivity (Wildman–Crippen MR) is 76.9 cm³/mol. The molecule has 0 fully saturated rings. The maximum atomic E-state index is 6.20. The number of rotatable bonds is 4. The Hall–Kier alpha value is 0.130. The fraction of sp³-hybridized carbons (Fsp3) is 0.273. The molecule has 0 amide bonds. The van der Waals surface area contributed by atoms with Gasteiger partial charge in [-0.05, 0) is 45.4 Å². The Morgan fingerprint density at radius 1 is 1.31 bits per heavy atom. The minimum absolute atomic E-state index is 0.201. The Bertz CT molecular complexity index is 426. The van der Waals surface area contributed by atoms with Crippen LogP contribution in [0.25, 0.3) is 0 Å². The molecule has 0 spiro atoms. The Kier molecular flexibility index (Phi) is 4.44. The summed E-state index contributed by atoms with van der Waals surface area (Å²) in [5.41, 5.74) is 0. The molecule has 1 nitrogen and oxygen atoms in total. The van der Waals surface area contributed by atoms with Crippen LogP contribution in [0.15, 0.2) is 27.4 Å². The van der Waals surface area contributed by atoms with Crippen LogP contribution < -0.4 is 5.32 Å². The number of hydrogen-bond acceptors (Lipinski definition) is 3. The van der Waals surface area contributed by atoms with E-state index in [0.29, 0.717) is 0 Å². The molecule has 0 aromatic carbocycles. The second-order valence-electron chi connectivity index (χ2n) is 3.26. The quantitative estimate of drug-likeness (QED) is 0.835. The van der Waals surface area contributed by atoms with Gasteiger partial charge in [-0.2, -0.15) is 0 Å². The van der Waals surface area contributed by atoms with Crippen molar-refractivity contribution in [2.75, 3.05) is 6.54 Å². The van der Waals surface area contributed by atoms with Crippen molar-refractivity contribution in [3.8, 4) is 0 Å². The second-order valence-corrected chi connectivity index (χ2v) is 6.41. The van der Waals surface area contributed by atoms with Crippen molar-refractivity contribution in [3.05, 3.63) is 42.1 Å². The average molecular weight is 337 g/mol. The second kappa shape index (κ2) is 5.65. The molecule has 2 heterocycles. The molecule has 16 heavy (non-hydrogen) atoms. The van der Waals surface area contributed by atoms with E-state index >= 15 is 0 Å². The average Bonchev–Trinajstić information content (AvgIpc) is 2.84. The van der Waals surface area contributed by atoms with Crippen molar-refractivity contribution < 1.29 is 0 Å². The van der Waals surface area contributed by atoms with Crippen molar-refractivity contribution >= 4 is 50.2 Å². The Balaban J connectivity index is 2.39. The lowest BCUT2D eigenvalue weighted by Gasteiger charge is -2.16. The van der Waals surface area contributed by atoms with Gasteiger partial charge in [0.25, 0.3) is 0 Å². The fourth-order valence-corrected chi connectivity index (χ4v) is 4.54. The van der Waals surface area contributed by atoms with Crippen LogP contribution in [-0.2, 0) is 0 Å². The van der Waals surface area contributed by atoms with Crippen LogP contribution in [0, 0.1) is 0 Å². The summed E-state index contributed by atoms with van der Waals surface area (Å²) in [6.07, 6.45) is 0. The Morgan fingerprint density at radius 2 is 2.00 bits per heavy atom. The molecule has 0 saturated carbocycles. The molecule has 0 aliphatic rings. The first kappa shape index (κ1) is 12.6. The van der Waals surface area contributed by atoms with Crippen LogP contribution in [0.3, 0.4) is 0 Å². The third kappa shape index (κ3) is 2.51. The monoisotopic (exact) mass is 335 g/mol. The van der Waals surface area contributed by atoms with Crippen LogP contribution in [0.2, 0.25) is 5.02 Å².